The van der Waals surface area contributed by atoms with Gasteiger partial charge in [-0.2, -0.15) is 0 Å². The van der Waals surface area contributed by atoms with Gasteiger partial charge < -0.3 is 25.8 Å². The van der Waals surface area contributed by atoms with E-state index < -0.39 is 17.4 Å². The molecule has 1 atom stereocenters. The zero-order chi connectivity index (χ0) is 21.8. The molecule has 1 aromatic heterocycles. The molecular weight excluding hydrogens is 432 g/mol. The number of nitrogens with zero attached hydrogens (tertiary/aromatic N) is 3. The van der Waals surface area contributed by atoms with Crippen LogP contribution in [0.15, 0.2) is 54.0 Å². The molecule has 0 saturated heterocycles. The fourth-order valence-corrected chi connectivity index (χ4v) is 3.75. The monoisotopic (exact) mass is 448 g/mol. The maximum atomic E-state index is 12.7. The van der Waals surface area contributed by atoms with Crippen molar-refractivity contribution in [2.75, 3.05) is 18.1 Å². The van der Waals surface area contributed by atoms with Crippen LogP contribution < -0.4 is 21.1 Å². The molecular formula is C18H17ClN6O4S. The van der Waals surface area contributed by atoms with Crippen LogP contribution in [0.2, 0.25) is 5.02 Å². The molecule has 1 unspecified atom stereocenters. The van der Waals surface area contributed by atoms with E-state index in [9.17, 15) is 9.59 Å². The number of carbonyl (C=O) groups excluding carboxylic acids is 1. The third-order valence-corrected chi connectivity index (χ3v) is 5.30. The summed E-state index contributed by atoms with van der Waals surface area (Å²) in [7, 11) is 1.67. The van der Waals surface area contributed by atoms with Gasteiger partial charge in [0.1, 0.15) is 11.1 Å². The van der Waals surface area contributed by atoms with Crippen molar-refractivity contribution in [3.8, 4) is 5.75 Å². The van der Waals surface area contributed by atoms with Gasteiger partial charge in [-0.1, -0.05) is 29.9 Å². The molecule has 0 bridgehead atoms. The van der Waals surface area contributed by atoms with Crippen molar-refractivity contribution in [2.24, 2.45) is 0 Å². The van der Waals surface area contributed by atoms with Crippen LogP contribution in [0.5, 0.6) is 5.75 Å². The van der Waals surface area contributed by atoms with Crippen LogP contribution in [0.25, 0.3) is 0 Å². The Kier molecular flexibility index (Phi) is 6.33. The summed E-state index contributed by atoms with van der Waals surface area (Å²) in [6.45, 7) is 3.80. The minimum absolute atomic E-state index is 0.0576. The Bertz CT molecular complexity index is 1050. The lowest BCUT2D eigenvalue weighted by Crippen LogP contribution is -2.26. The Labute approximate surface area is 180 Å². The first kappa shape index (κ1) is 21.3. The van der Waals surface area contributed by atoms with Crippen LogP contribution in [0.4, 0.5) is 16.4 Å². The molecule has 0 spiro atoms. The van der Waals surface area contributed by atoms with Crippen LogP contribution >= 0.6 is 23.4 Å². The SMILES string of the molecule is C=C(C(=O)Oc1cc(N)ccc1Cl)N1C=C(NC(=O)O)SC1c1ccnc(NC)n1. The second-order valence-corrected chi connectivity index (χ2v) is 7.41. The molecule has 2 heterocycles. The molecule has 1 amide bonds. The first-order chi connectivity index (χ1) is 14.3. The van der Waals surface area contributed by atoms with Crippen molar-refractivity contribution in [3.63, 3.8) is 0 Å². The number of rotatable bonds is 6. The maximum Gasteiger partial charge on any atom is 0.409 e. The average molecular weight is 449 g/mol. The van der Waals surface area contributed by atoms with E-state index in [4.69, 9.17) is 27.2 Å². The van der Waals surface area contributed by atoms with Crippen LogP contribution in [0.1, 0.15) is 11.1 Å². The number of aromatic nitrogens is 2. The fourth-order valence-electron chi connectivity index (χ4n) is 2.48. The largest absolute Gasteiger partial charge is 0.465 e. The minimum Gasteiger partial charge on any atom is -0.465 e. The summed E-state index contributed by atoms with van der Waals surface area (Å²) >= 11 is 7.19. The fraction of sp³-hybridized carbons (Fsp3) is 0.111. The van der Waals surface area contributed by atoms with E-state index in [-0.39, 0.29) is 21.5 Å². The quantitative estimate of drug-likeness (QED) is 0.225. The normalized spacial score (nSPS) is 15.3. The van der Waals surface area contributed by atoms with E-state index in [1.165, 1.54) is 23.2 Å². The van der Waals surface area contributed by atoms with E-state index in [2.05, 4.69) is 27.2 Å². The summed E-state index contributed by atoms with van der Waals surface area (Å²) in [4.78, 5) is 33.6. The summed E-state index contributed by atoms with van der Waals surface area (Å²) in [5.74, 6) is -0.338. The molecule has 30 heavy (non-hydrogen) atoms. The molecule has 10 nitrogen and oxygen atoms in total. The third-order valence-electron chi connectivity index (χ3n) is 3.84. The molecule has 5 N–H and O–H groups in total. The van der Waals surface area contributed by atoms with Gasteiger partial charge in [-0.3, -0.25) is 5.32 Å². The highest BCUT2D eigenvalue weighted by atomic mass is 35.5. The number of hydrogen-bond donors (Lipinski definition) is 4. The highest BCUT2D eigenvalue weighted by Gasteiger charge is 2.34. The number of anilines is 2. The Morgan fingerprint density at radius 3 is 2.87 bits per heavy atom. The standard InChI is InChI=1S/C18H17ClN6O4S/c1-9(16(26)29-13-7-10(20)3-4-11(13)19)25-8-14(24-18(27)28)30-15(25)12-5-6-22-17(21-2)23-12/h3-8,15,24H,1,20H2,2H3,(H,27,28)(H,21,22,23). The summed E-state index contributed by atoms with van der Waals surface area (Å²) in [6.07, 6.45) is 1.74. The van der Waals surface area contributed by atoms with Gasteiger partial charge in [0.15, 0.2) is 5.75 Å². The van der Waals surface area contributed by atoms with Crippen molar-refractivity contribution in [2.45, 2.75) is 5.37 Å². The Balaban J connectivity index is 1.88. The van der Waals surface area contributed by atoms with E-state index >= 15 is 0 Å². The smallest absolute Gasteiger partial charge is 0.409 e. The second kappa shape index (κ2) is 8.93. The topological polar surface area (TPSA) is 143 Å². The number of nitrogens with two attached hydrogens (primary N) is 1. The molecule has 1 aliphatic heterocycles. The molecule has 2 aromatic rings. The van der Waals surface area contributed by atoms with Crippen LogP contribution in [0.3, 0.4) is 0 Å². The maximum absolute atomic E-state index is 12.7. The van der Waals surface area contributed by atoms with E-state index in [0.29, 0.717) is 17.3 Å². The number of ether oxygens (including phenoxy) is 1. The lowest BCUT2D eigenvalue weighted by molar-refractivity contribution is -0.131. The average Bonchev–Trinajstić information content (AvgIpc) is 3.13. The van der Waals surface area contributed by atoms with Crippen LogP contribution in [-0.4, -0.2) is 39.1 Å². The lowest BCUT2D eigenvalue weighted by atomic mass is 10.3. The Morgan fingerprint density at radius 1 is 1.40 bits per heavy atom. The van der Waals surface area contributed by atoms with Gasteiger partial charge in [-0.25, -0.2) is 19.6 Å². The molecule has 0 saturated carbocycles. The molecule has 1 aromatic carbocycles. The molecule has 156 valence electrons. The number of carboxylic acid groups (broad SMARTS) is 1. The summed E-state index contributed by atoms with van der Waals surface area (Å²) in [5, 5.41) is 14.0. The first-order valence-electron chi connectivity index (χ1n) is 8.42. The molecule has 1 aliphatic rings. The number of carbonyl (C=O) groups is 2. The van der Waals surface area contributed by atoms with Crippen molar-refractivity contribution in [3.05, 3.63) is 64.7 Å². The number of thioether (sulfide) groups is 1. The van der Waals surface area contributed by atoms with E-state index in [1.54, 1.807) is 25.4 Å². The van der Waals surface area contributed by atoms with Crippen molar-refractivity contribution >= 4 is 47.1 Å². The van der Waals surface area contributed by atoms with Gasteiger partial charge in [0, 0.05) is 31.2 Å². The number of amides is 1. The van der Waals surface area contributed by atoms with Gasteiger partial charge in [-0.15, -0.1) is 0 Å². The number of nitrogens with one attached hydrogen (secondary N) is 2. The number of nitrogen functional groups attached to an aromatic ring is 1. The zero-order valence-electron chi connectivity index (χ0n) is 15.6. The molecule has 0 radical (unpaired) electrons. The highest BCUT2D eigenvalue weighted by molar-refractivity contribution is 8.03. The van der Waals surface area contributed by atoms with Crippen molar-refractivity contribution < 1.29 is 19.4 Å². The van der Waals surface area contributed by atoms with Crippen molar-refractivity contribution in [1.29, 1.82) is 0 Å². The van der Waals surface area contributed by atoms with Gasteiger partial charge in [-0.05, 0) is 18.2 Å². The summed E-state index contributed by atoms with van der Waals surface area (Å²) in [6, 6.07) is 6.14. The van der Waals surface area contributed by atoms with Crippen molar-refractivity contribution in [1.82, 2.24) is 20.2 Å². The van der Waals surface area contributed by atoms with E-state index in [0.717, 1.165) is 11.8 Å². The van der Waals surface area contributed by atoms with Gasteiger partial charge in [0.2, 0.25) is 5.95 Å². The second-order valence-electron chi connectivity index (χ2n) is 5.88. The van der Waals surface area contributed by atoms with Crippen LogP contribution in [-0.2, 0) is 4.79 Å². The van der Waals surface area contributed by atoms with Gasteiger partial charge in [0.25, 0.3) is 0 Å². The predicted molar refractivity (Wildman–Crippen MR) is 114 cm³/mol. The summed E-state index contributed by atoms with van der Waals surface area (Å²) < 4.78 is 5.33. The Hall–Kier alpha value is -3.44. The minimum atomic E-state index is -1.24. The molecule has 3 rings (SSSR count). The lowest BCUT2D eigenvalue weighted by Gasteiger charge is -2.24. The molecule has 0 fully saturated rings. The number of halogens is 1. The first-order valence-corrected chi connectivity index (χ1v) is 9.68. The van der Waals surface area contributed by atoms with Gasteiger partial charge >= 0.3 is 12.1 Å². The highest BCUT2D eigenvalue weighted by Crippen LogP contribution is 2.44. The summed E-state index contributed by atoms with van der Waals surface area (Å²) in [5.41, 5.74) is 6.55. The third kappa shape index (κ3) is 4.75. The molecule has 12 heteroatoms. The van der Waals surface area contributed by atoms with E-state index in [1.807, 2.05) is 0 Å². The number of hydrogen-bond acceptors (Lipinski definition) is 9. The predicted octanol–water partition coefficient (Wildman–Crippen LogP) is 2.99. The van der Waals surface area contributed by atoms with Gasteiger partial charge in [0.05, 0.1) is 15.7 Å². The van der Waals surface area contributed by atoms with Crippen LogP contribution in [0, 0.1) is 0 Å². The number of benzene rings is 1. The molecule has 0 aliphatic carbocycles. The Morgan fingerprint density at radius 2 is 2.17 bits per heavy atom. The number of esters is 1. The zero-order valence-corrected chi connectivity index (χ0v) is 17.2.